The fourth-order valence-electron chi connectivity index (χ4n) is 2.85. The Morgan fingerprint density at radius 3 is 2.62 bits per heavy atom. The lowest BCUT2D eigenvalue weighted by atomic mass is 9.87. The van der Waals surface area contributed by atoms with Crippen molar-refractivity contribution in [3.63, 3.8) is 0 Å². The standard InChI is InChI=1S/C18H20N2O/c1-12-7-9-14(10-8-12)20-18(21)16-11-13(2)19-17-6-4-3-5-15(16)17/h3-10,13,16,19H,11H2,1-2H3,(H,20,21). The van der Waals surface area contributed by atoms with Gasteiger partial charge in [-0.05, 0) is 44.0 Å². The molecule has 0 aliphatic carbocycles. The molecule has 3 nitrogen and oxygen atoms in total. The van der Waals surface area contributed by atoms with E-state index in [1.807, 2.05) is 55.5 Å². The topological polar surface area (TPSA) is 41.1 Å². The van der Waals surface area contributed by atoms with E-state index in [0.717, 1.165) is 23.4 Å². The molecule has 2 atom stereocenters. The summed E-state index contributed by atoms with van der Waals surface area (Å²) in [5.41, 5.74) is 4.20. The Balaban J connectivity index is 1.83. The molecule has 1 aliphatic heterocycles. The predicted octanol–water partition coefficient (Wildman–Crippen LogP) is 3.92. The molecule has 0 radical (unpaired) electrons. The molecule has 2 unspecified atom stereocenters. The second-order valence-electron chi connectivity index (χ2n) is 5.78. The smallest absolute Gasteiger partial charge is 0.232 e. The molecule has 0 aromatic heterocycles. The number of nitrogens with one attached hydrogen (secondary N) is 2. The van der Waals surface area contributed by atoms with Crippen LogP contribution < -0.4 is 10.6 Å². The SMILES string of the molecule is Cc1ccc(NC(=O)C2CC(C)Nc3ccccc32)cc1. The molecule has 0 saturated heterocycles. The molecular weight excluding hydrogens is 260 g/mol. The lowest BCUT2D eigenvalue weighted by Crippen LogP contribution is -2.32. The molecule has 21 heavy (non-hydrogen) atoms. The number of amides is 1. The van der Waals surface area contributed by atoms with E-state index in [1.54, 1.807) is 0 Å². The summed E-state index contributed by atoms with van der Waals surface area (Å²) in [4.78, 5) is 12.6. The molecule has 2 aromatic carbocycles. The minimum absolute atomic E-state index is 0.0691. The highest BCUT2D eigenvalue weighted by Crippen LogP contribution is 2.34. The molecule has 2 N–H and O–H groups in total. The Kier molecular flexibility index (Phi) is 3.65. The number of carbonyl (C=O) groups excluding carboxylic acids is 1. The van der Waals surface area contributed by atoms with Crippen LogP contribution in [0.4, 0.5) is 11.4 Å². The molecular formula is C18H20N2O. The van der Waals surface area contributed by atoms with E-state index in [-0.39, 0.29) is 11.8 Å². The normalized spacial score (nSPS) is 20.3. The van der Waals surface area contributed by atoms with Gasteiger partial charge >= 0.3 is 0 Å². The van der Waals surface area contributed by atoms with Crippen molar-refractivity contribution in [2.45, 2.75) is 32.2 Å². The molecule has 2 aromatic rings. The number of rotatable bonds is 2. The third-order valence-corrected chi connectivity index (χ3v) is 3.96. The Morgan fingerprint density at radius 2 is 1.86 bits per heavy atom. The lowest BCUT2D eigenvalue weighted by molar-refractivity contribution is -0.117. The molecule has 3 heteroatoms. The average molecular weight is 280 g/mol. The average Bonchev–Trinajstić information content (AvgIpc) is 2.48. The second-order valence-corrected chi connectivity index (χ2v) is 5.78. The Bertz CT molecular complexity index is 649. The minimum atomic E-state index is -0.0984. The number of para-hydroxylation sites is 1. The third kappa shape index (κ3) is 2.92. The quantitative estimate of drug-likeness (QED) is 0.875. The maximum absolute atomic E-state index is 12.6. The van der Waals surface area contributed by atoms with Gasteiger partial charge in [0.25, 0.3) is 0 Å². The predicted molar refractivity (Wildman–Crippen MR) is 86.7 cm³/mol. The van der Waals surface area contributed by atoms with Gasteiger partial charge in [0, 0.05) is 17.4 Å². The van der Waals surface area contributed by atoms with Gasteiger partial charge in [-0.3, -0.25) is 4.79 Å². The number of anilines is 2. The Morgan fingerprint density at radius 1 is 1.14 bits per heavy atom. The van der Waals surface area contributed by atoms with Gasteiger partial charge in [-0.15, -0.1) is 0 Å². The van der Waals surface area contributed by atoms with Crippen molar-refractivity contribution >= 4 is 17.3 Å². The van der Waals surface area contributed by atoms with Gasteiger partial charge < -0.3 is 10.6 Å². The van der Waals surface area contributed by atoms with Crippen molar-refractivity contribution in [3.8, 4) is 0 Å². The summed E-state index contributed by atoms with van der Waals surface area (Å²) in [6.07, 6.45) is 0.814. The lowest BCUT2D eigenvalue weighted by Gasteiger charge is -2.30. The van der Waals surface area contributed by atoms with Crippen molar-refractivity contribution in [1.82, 2.24) is 0 Å². The van der Waals surface area contributed by atoms with E-state index >= 15 is 0 Å². The number of carbonyl (C=O) groups is 1. The highest BCUT2D eigenvalue weighted by atomic mass is 16.1. The number of hydrogen-bond acceptors (Lipinski definition) is 2. The number of hydrogen-bond donors (Lipinski definition) is 2. The first kappa shape index (κ1) is 13.7. The fraction of sp³-hybridized carbons (Fsp3) is 0.278. The van der Waals surface area contributed by atoms with Gasteiger partial charge in [0.2, 0.25) is 5.91 Å². The van der Waals surface area contributed by atoms with Crippen molar-refractivity contribution in [2.75, 3.05) is 10.6 Å². The third-order valence-electron chi connectivity index (χ3n) is 3.96. The van der Waals surface area contributed by atoms with Crippen LogP contribution in [0.5, 0.6) is 0 Å². The highest BCUT2D eigenvalue weighted by molar-refractivity contribution is 5.97. The van der Waals surface area contributed by atoms with Gasteiger partial charge in [0.15, 0.2) is 0 Å². The summed E-state index contributed by atoms with van der Waals surface area (Å²) >= 11 is 0. The molecule has 3 rings (SSSR count). The van der Waals surface area contributed by atoms with Gasteiger partial charge in [0.05, 0.1) is 5.92 Å². The first-order valence-electron chi connectivity index (χ1n) is 7.36. The van der Waals surface area contributed by atoms with Crippen LogP contribution in [-0.2, 0) is 4.79 Å². The van der Waals surface area contributed by atoms with Crippen LogP contribution in [0.1, 0.15) is 30.4 Å². The summed E-state index contributed by atoms with van der Waals surface area (Å²) in [7, 11) is 0. The summed E-state index contributed by atoms with van der Waals surface area (Å²) < 4.78 is 0. The van der Waals surface area contributed by atoms with Crippen LogP contribution in [0, 0.1) is 6.92 Å². The summed E-state index contributed by atoms with van der Waals surface area (Å²) in [6.45, 7) is 4.15. The highest BCUT2D eigenvalue weighted by Gasteiger charge is 2.29. The zero-order valence-electron chi connectivity index (χ0n) is 12.4. The minimum Gasteiger partial charge on any atom is -0.382 e. The van der Waals surface area contributed by atoms with Crippen LogP contribution in [-0.4, -0.2) is 11.9 Å². The first-order chi connectivity index (χ1) is 10.1. The summed E-state index contributed by atoms with van der Waals surface area (Å²) in [6, 6.07) is 16.3. The molecule has 0 bridgehead atoms. The second kappa shape index (κ2) is 5.60. The summed E-state index contributed by atoms with van der Waals surface area (Å²) in [5, 5.41) is 6.47. The van der Waals surface area contributed by atoms with Crippen LogP contribution in [0.3, 0.4) is 0 Å². The molecule has 1 heterocycles. The van der Waals surface area contributed by atoms with Crippen LogP contribution in [0.2, 0.25) is 0 Å². The van der Waals surface area contributed by atoms with E-state index < -0.39 is 0 Å². The summed E-state index contributed by atoms with van der Waals surface area (Å²) in [5.74, 6) is -0.0293. The monoisotopic (exact) mass is 280 g/mol. The van der Waals surface area contributed by atoms with Crippen LogP contribution in [0.25, 0.3) is 0 Å². The van der Waals surface area contributed by atoms with Crippen LogP contribution >= 0.6 is 0 Å². The molecule has 1 amide bonds. The first-order valence-corrected chi connectivity index (χ1v) is 7.36. The van der Waals surface area contributed by atoms with Crippen molar-refractivity contribution in [2.24, 2.45) is 0 Å². The molecule has 0 spiro atoms. The maximum Gasteiger partial charge on any atom is 0.232 e. The zero-order valence-corrected chi connectivity index (χ0v) is 12.4. The Hall–Kier alpha value is -2.29. The van der Waals surface area contributed by atoms with Gasteiger partial charge in [0.1, 0.15) is 0 Å². The molecule has 0 fully saturated rings. The molecule has 0 saturated carbocycles. The number of aryl methyl sites for hydroxylation is 1. The largest absolute Gasteiger partial charge is 0.382 e. The van der Waals surface area contributed by atoms with Crippen LogP contribution in [0.15, 0.2) is 48.5 Å². The Labute approximate surface area is 125 Å². The van der Waals surface area contributed by atoms with E-state index in [9.17, 15) is 4.79 Å². The van der Waals surface area contributed by atoms with E-state index in [1.165, 1.54) is 5.56 Å². The fourth-order valence-corrected chi connectivity index (χ4v) is 2.85. The van der Waals surface area contributed by atoms with Crippen molar-refractivity contribution in [3.05, 3.63) is 59.7 Å². The number of fused-ring (bicyclic) bond motifs is 1. The van der Waals surface area contributed by atoms with E-state index in [0.29, 0.717) is 6.04 Å². The maximum atomic E-state index is 12.6. The van der Waals surface area contributed by atoms with Gasteiger partial charge in [-0.25, -0.2) is 0 Å². The van der Waals surface area contributed by atoms with E-state index in [2.05, 4.69) is 17.6 Å². The molecule has 1 aliphatic rings. The van der Waals surface area contributed by atoms with E-state index in [4.69, 9.17) is 0 Å². The van der Waals surface area contributed by atoms with Crippen molar-refractivity contribution < 1.29 is 4.79 Å². The molecule has 108 valence electrons. The zero-order chi connectivity index (χ0) is 14.8. The van der Waals surface area contributed by atoms with Gasteiger partial charge in [-0.2, -0.15) is 0 Å². The van der Waals surface area contributed by atoms with Gasteiger partial charge in [-0.1, -0.05) is 35.9 Å². The number of benzene rings is 2. The van der Waals surface area contributed by atoms with Crippen molar-refractivity contribution in [1.29, 1.82) is 0 Å².